The fourth-order valence-electron chi connectivity index (χ4n) is 3.87. The normalized spacial score (nSPS) is 44.8. The Morgan fingerprint density at radius 1 is 1.56 bits per heavy atom. The Labute approximate surface area is 106 Å². The largest absolute Gasteiger partial charge is 0.376 e. The lowest BCUT2D eigenvalue weighted by Gasteiger charge is -2.24. The molecule has 2 bridgehead atoms. The lowest BCUT2D eigenvalue weighted by Crippen LogP contribution is -2.35. The van der Waals surface area contributed by atoms with E-state index >= 15 is 0 Å². The van der Waals surface area contributed by atoms with Gasteiger partial charge in [0.25, 0.3) is 0 Å². The zero-order valence-electron chi connectivity index (χ0n) is 10.3. The van der Waals surface area contributed by atoms with Crippen molar-refractivity contribution in [3.8, 4) is 0 Å². The van der Waals surface area contributed by atoms with E-state index in [2.05, 4.69) is 23.0 Å². The zero-order valence-corrected chi connectivity index (χ0v) is 10.3. The van der Waals surface area contributed by atoms with E-state index in [1.165, 1.54) is 0 Å². The topological polar surface area (TPSA) is 38.8 Å². The second-order valence-corrected chi connectivity index (χ2v) is 5.76. The van der Waals surface area contributed by atoms with Gasteiger partial charge in [-0.25, -0.2) is 4.79 Å². The summed E-state index contributed by atoms with van der Waals surface area (Å²) in [5, 5.41) is 0. The number of likely N-dealkylation sites (tertiary alicyclic amines) is 1. The summed E-state index contributed by atoms with van der Waals surface area (Å²) in [7, 11) is 0. The first kappa shape index (κ1) is 10.8. The molecule has 18 heavy (non-hydrogen) atoms. The Morgan fingerprint density at radius 3 is 3.22 bits per heavy atom. The van der Waals surface area contributed by atoms with Crippen LogP contribution in [-0.4, -0.2) is 48.3 Å². The van der Waals surface area contributed by atoms with Crippen LogP contribution in [0.15, 0.2) is 17.8 Å². The predicted octanol–water partition coefficient (Wildman–Crippen LogP) is 0.910. The summed E-state index contributed by atoms with van der Waals surface area (Å²) in [5.41, 5.74) is 0.563. The lowest BCUT2D eigenvalue weighted by atomic mass is 9.84. The summed E-state index contributed by atoms with van der Waals surface area (Å²) in [6.45, 7) is 2.45. The van der Waals surface area contributed by atoms with Crippen LogP contribution in [0.25, 0.3) is 0 Å². The Kier molecular flexibility index (Phi) is 2.22. The molecule has 4 rings (SSSR count). The second kappa shape index (κ2) is 3.70. The molecule has 0 amide bonds. The van der Waals surface area contributed by atoms with Gasteiger partial charge >= 0.3 is 0 Å². The van der Waals surface area contributed by atoms with E-state index in [-0.39, 0.29) is 23.7 Å². The third-order valence-corrected chi connectivity index (χ3v) is 4.68. The molecule has 3 saturated heterocycles. The van der Waals surface area contributed by atoms with Crippen molar-refractivity contribution in [3.05, 3.63) is 17.8 Å². The fraction of sp³-hybridized carbons (Fsp3) is 0.714. The third-order valence-electron chi connectivity index (χ3n) is 4.68. The van der Waals surface area contributed by atoms with E-state index in [1.54, 1.807) is 0 Å². The standard InChI is InChI=1S/C14H17NO3/c16-8-13-12-6-10-3-4-14(12,18-10)9-15(13)7-11-2-1-5-17-11/h3-4,10-12H,1-2,5-7,9H2. The average molecular weight is 247 g/mol. The SMILES string of the molecule is O=C=C1C2CC3C=CC2(CN1CC1CCCO1)O3. The number of fused-ring (bicyclic) bond motifs is 1. The van der Waals surface area contributed by atoms with Gasteiger partial charge in [-0.2, -0.15) is 0 Å². The quantitative estimate of drug-likeness (QED) is 0.537. The highest BCUT2D eigenvalue weighted by molar-refractivity contribution is 5.57. The maximum atomic E-state index is 11.3. The smallest absolute Gasteiger partial charge is 0.146 e. The maximum absolute atomic E-state index is 11.3. The summed E-state index contributed by atoms with van der Waals surface area (Å²) in [6.07, 6.45) is 7.93. The van der Waals surface area contributed by atoms with Crippen molar-refractivity contribution in [2.45, 2.75) is 37.1 Å². The second-order valence-electron chi connectivity index (χ2n) is 5.76. The van der Waals surface area contributed by atoms with E-state index < -0.39 is 0 Å². The van der Waals surface area contributed by atoms with E-state index in [9.17, 15) is 4.79 Å². The molecule has 0 saturated carbocycles. The van der Waals surface area contributed by atoms with Crippen LogP contribution in [-0.2, 0) is 14.3 Å². The number of hydrogen-bond donors (Lipinski definition) is 0. The molecular weight excluding hydrogens is 230 g/mol. The molecule has 0 radical (unpaired) electrons. The van der Waals surface area contributed by atoms with Gasteiger partial charge in [0, 0.05) is 19.1 Å². The molecule has 0 aromatic rings. The highest BCUT2D eigenvalue weighted by Gasteiger charge is 2.58. The van der Waals surface area contributed by atoms with Crippen LogP contribution in [0.3, 0.4) is 0 Å². The minimum Gasteiger partial charge on any atom is -0.376 e. The van der Waals surface area contributed by atoms with Crippen molar-refractivity contribution in [3.63, 3.8) is 0 Å². The first-order chi connectivity index (χ1) is 8.81. The Morgan fingerprint density at radius 2 is 2.50 bits per heavy atom. The van der Waals surface area contributed by atoms with Crippen LogP contribution >= 0.6 is 0 Å². The lowest BCUT2D eigenvalue weighted by molar-refractivity contribution is 0.0170. The predicted molar refractivity (Wildman–Crippen MR) is 64.6 cm³/mol. The summed E-state index contributed by atoms with van der Waals surface area (Å²) in [5.74, 6) is 2.38. The maximum Gasteiger partial charge on any atom is 0.146 e. The van der Waals surface area contributed by atoms with E-state index in [1.807, 2.05) is 0 Å². The molecular formula is C14H17NO3. The number of rotatable bonds is 2. The summed E-state index contributed by atoms with van der Waals surface area (Å²) >= 11 is 0. The average Bonchev–Trinajstić information content (AvgIpc) is 3.07. The molecule has 4 unspecified atom stereocenters. The number of nitrogens with zero attached hydrogens (tertiary/aromatic N) is 1. The van der Waals surface area contributed by atoms with Gasteiger partial charge in [0.15, 0.2) is 0 Å². The van der Waals surface area contributed by atoms with Crippen LogP contribution in [0.1, 0.15) is 19.3 Å². The van der Waals surface area contributed by atoms with Crippen LogP contribution < -0.4 is 0 Å². The van der Waals surface area contributed by atoms with Gasteiger partial charge in [0.05, 0.1) is 18.8 Å². The van der Waals surface area contributed by atoms with Crippen molar-refractivity contribution in [2.24, 2.45) is 5.92 Å². The summed E-state index contributed by atoms with van der Waals surface area (Å²) in [4.78, 5) is 13.4. The first-order valence-corrected chi connectivity index (χ1v) is 6.79. The third kappa shape index (κ3) is 1.37. The van der Waals surface area contributed by atoms with Crippen molar-refractivity contribution < 1.29 is 14.3 Å². The highest BCUT2D eigenvalue weighted by atomic mass is 16.5. The minimum absolute atomic E-state index is 0.211. The molecule has 1 spiro atoms. The van der Waals surface area contributed by atoms with Crippen LogP contribution in [0.5, 0.6) is 0 Å². The Balaban J connectivity index is 1.58. The van der Waals surface area contributed by atoms with Gasteiger partial charge in [-0.1, -0.05) is 12.2 Å². The molecule has 0 aromatic carbocycles. The van der Waals surface area contributed by atoms with E-state index in [0.29, 0.717) is 0 Å². The number of ether oxygens (including phenoxy) is 2. The van der Waals surface area contributed by atoms with Crippen molar-refractivity contribution in [1.29, 1.82) is 0 Å². The fourth-order valence-corrected chi connectivity index (χ4v) is 3.87. The first-order valence-electron chi connectivity index (χ1n) is 6.79. The Bertz CT molecular complexity index is 448. The molecule has 4 aliphatic rings. The van der Waals surface area contributed by atoms with Crippen LogP contribution in [0, 0.1) is 5.92 Å². The monoisotopic (exact) mass is 247 g/mol. The van der Waals surface area contributed by atoms with Crippen molar-refractivity contribution in [2.75, 3.05) is 19.7 Å². The summed E-state index contributed by atoms with van der Waals surface area (Å²) < 4.78 is 11.7. The minimum atomic E-state index is -0.240. The van der Waals surface area contributed by atoms with Crippen LogP contribution in [0.2, 0.25) is 0 Å². The van der Waals surface area contributed by atoms with Crippen molar-refractivity contribution >= 4 is 5.94 Å². The molecule has 4 heteroatoms. The molecule has 4 atom stereocenters. The summed E-state index contributed by atoms with van der Waals surface area (Å²) in [6, 6.07) is 0. The van der Waals surface area contributed by atoms with Crippen molar-refractivity contribution in [1.82, 2.24) is 4.90 Å². The number of carbonyl (C=O) groups excluding carboxylic acids is 1. The highest BCUT2D eigenvalue weighted by Crippen LogP contribution is 2.51. The van der Waals surface area contributed by atoms with E-state index in [0.717, 1.165) is 44.7 Å². The van der Waals surface area contributed by atoms with Gasteiger partial charge < -0.3 is 14.4 Å². The van der Waals surface area contributed by atoms with Crippen LogP contribution in [0.4, 0.5) is 0 Å². The molecule has 0 N–H and O–H groups in total. The Hall–Kier alpha value is -1.09. The van der Waals surface area contributed by atoms with Gasteiger partial charge in [-0.3, -0.25) is 0 Å². The van der Waals surface area contributed by atoms with Gasteiger partial charge in [-0.05, 0) is 19.3 Å². The molecule has 4 aliphatic heterocycles. The van der Waals surface area contributed by atoms with Gasteiger partial charge in [-0.15, -0.1) is 0 Å². The molecule has 4 heterocycles. The molecule has 0 aliphatic carbocycles. The molecule has 96 valence electrons. The molecule has 3 fully saturated rings. The van der Waals surface area contributed by atoms with Gasteiger partial charge in [0.2, 0.25) is 0 Å². The van der Waals surface area contributed by atoms with E-state index in [4.69, 9.17) is 9.47 Å². The molecule has 4 nitrogen and oxygen atoms in total. The number of hydrogen-bond acceptors (Lipinski definition) is 4. The molecule has 0 aromatic heterocycles. The zero-order chi connectivity index (χ0) is 12.2. The van der Waals surface area contributed by atoms with Gasteiger partial charge in [0.1, 0.15) is 17.2 Å².